The summed E-state index contributed by atoms with van der Waals surface area (Å²) in [7, 11) is 0. The highest BCUT2D eigenvalue weighted by atomic mass is 16.5. The van der Waals surface area contributed by atoms with E-state index in [4.69, 9.17) is 4.74 Å². The molecule has 1 heteroatoms. The lowest BCUT2D eigenvalue weighted by molar-refractivity contribution is -0.0555. The van der Waals surface area contributed by atoms with E-state index in [1.165, 1.54) is 89.9 Å². The Morgan fingerprint density at radius 1 is 0.722 bits per heavy atom. The van der Waals surface area contributed by atoms with E-state index in [2.05, 4.69) is 6.92 Å². The first-order valence-corrected chi connectivity index (χ1v) is 8.55. The second kappa shape index (κ2) is 12.0. The number of hydrogen-bond donors (Lipinski definition) is 0. The van der Waals surface area contributed by atoms with Crippen LogP contribution in [0.3, 0.4) is 0 Å². The molecule has 1 saturated heterocycles. The van der Waals surface area contributed by atoms with Gasteiger partial charge in [-0.2, -0.15) is 0 Å². The molecular weight excluding hydrogens is 220 g/mol. The average Bonchev–Trinajstić information content (AvgIpc) is 2.33. The quantitative estimate of drug-likeness (QED) is 0.374. The van der Waals surface area contributed by atoms with Crippen molar-refractivity contribution in [2.24, 2.45) is 0 Å². The van der Waals surface area contributed by atoms with Crippen molar-refractivity contribution in [1.29, 1.82) is 0 Å². The van der Waals surface area contributed by atoms with Crippen LogP contribution in [0.25, 0.3) is 0 Å². The molecule has 0 aromatic heterocycles. The van der Waals surface area contributed by atoms with Crippen LogP contribution < -0.4 is 0 Å². The molecule has 1 fully saturated rings. The maximum absolute atomic E-state index is 5.43. The average molecular weight is 254 g/mol. The van der Waals surface area contributed by atoms with Gasteiger partial charge in [-0.25, -0.2) is 0 Å². The predicted molar refractivity (Wildman–Crippen MR) is 80.1 cm³/mol. The molecule has 108 valence electrons. The zero-order chi connectivity index (χ0) is 12.9. The van der Waals surface area contributed by atoms with E-state index in [1.807, 2.05) is 0 Å². The van der Waals surface area contributed by atoms with E-state index in [-0.39, 0.29) is 0 Å². The van der Waals surface area contributed by atoms with Crippen molar-refractivity contribution < 1.29 is 4.74 Å². The van der Waals surface area contributed by atoms with Crippen molar-refractivity contribution in [3.05, 3.63) is 0 Å². The molecule has 1 aliphatic heterocycles. The Morgan fingerprint density at radius 3 is 1.56 bits per heavy atom. The maximum atomic E-state index is 5.43. The van der Waals surface area contributed by atoms with Gasteiger partial charge in [-0.05, 0) is 12.8 Å². The van der Waals surface area contributed by atoms with Gasteiger partial charge in [-0.1, -0.05) is 84.0 Å². The van der Waals surface area contributed by atoms with Crippen LogP contribution in [0.15, 0.2) is 0 Å². The lowest BCUT2D eigenvalue weighted by Crippen LogP contribution is -2.26. The highest BCUT2D eigenvalue weighted by molar-refractivity contribution is 4.65. The van der Waals surface area contributed by atoms with Gasteiger partial charge in [0.2, 0.25) is 0 Å². The van der Waals surface area contributed by atoms with Crippen molar-refractivity contribution in [2.45, 2.75) is 103 Å². The van der Waals surface area contributed by atoms with Crippen molar-refractivity contribution >= 4 is 0 Å². The minimum atomic E-state index is 0.633. The molecule has 1 rings (SSSR count). The molecule has 0 bridgehead atoms. The number of rotatable bonds is 13. The van der Waals surface area contributed by atoms with Gasteiger partial charge in [-0.3, -0.25) is 0 Å². The molecular formula is C17H34O. The number of unbranched alkanes of at least 4 members (excludes halogenated alkanes) is 11. The van der Waals surface area contributed by atoms with Crippen LogP contribution >= 0.6 is 0 Å². The lowest BCUT2D eigenvalue weighted by Gasteiger charge is -2.26. The Labute approximate surface area is 115 Å². The molecule has 1 unspecified atom stereocenters. The van der Waals surface area contributed by atoms with Gasteiger partial charge in [0.15, 0.2) is 0 Å². The summed E-state index contributed by atoms with van der Waals surface area (Å²) in [6.45, 7) is 3.31. The summed E-state index contributed by atoms with van der Waals surface area (Å²) in [5.74, 6) is 0. The highest BCUT2D eigenvalue weighted by Crippen LogP contribution is 2.19. The first kappa shape index (κ1) is 16.0. The van der Waals surface area contributed by atoms with Crippen LogP contribution in [0.1, 0.15) is 96.8 Å². The molecule has 0 saturated carbocycles. The molecule has 1 aliphatic rings. The summed E-state index contributed by atoms with van der Waals surface area (Å²) in [4.78, 5) is 0. The third kappa shape index (κ3) is 8.97. The number of ether oxygens (including phenoxy) is 1. The third-order valence-corrected chi connectivity index (χ3v) is 4.17. The standard InChI is InChI=1S/C17H34O/c1-2-3-4-5-6-7-8-9-10-11-12-13-14-17-15-16-18-17/h17H,2-16H2,1H3. The van der Waals surface area contributed by atoms with Gasteiger partial charge in [0, 0.05) is 6.61 Å². The lowest BCUT2D eigenvalue weighted by atomic mass is 10.0. The molecule has 18 heavy (non-hydrogen) atoms. The minimum Gasteiger partial charge on any atom is -0.378 e. The third-order valence-electron chi connectivity index (χ3n) is 4.17. The van der Waals surface area contributed by atoms with E-state index in [0.717, 1.165) is 6.61 Å². The van der Waals surface area contributed by atoms with Gasteiger partial charge in [0.05, 0.1) is 6.10 Å². The largest absolute Gasteiger partial charge is 0.378 e. The monoisotopic (exact) mass is 254 g/mol. The summed E-state index contributed by atoms with van der Waals surface area (Å²) in [5.41, 5.74) is 0. The number of hydrogen-bond acceptors (Lipinski definition) is 1. The molecule has 0 aliphatic carbocycles. The van der Waals surface area contributed by atoms with Crippen LogP contribution in [0.5, 0.6) is 0 Å². The van der Waals surface area contributed by atoms with Gasteiger partial charge in [-0.15, -0.1) is 0 Å². The normalized spacial score (nSPS) is 18.8. The fourth-order valence-electron chi connectivity index (χ4n) is 2.73. The molecule has 0 aromatic carbocycles. The first-order valence-electron chi connectivity index (χ1n) is 8.55. The molecule has 1 nitrogen and oxygen atoms in total. The van der Waals surface area contributed by atoms with Crippen molar-refractivity contribution in [3.8, 4) is 0 Å². The SMILES string of the molecule is CCCCCCCCCCCCCCC1CCO1. The molecule has 1 atom stereocenters. The fraction of sp³-hybridized carbons (Fsp3) is 1.00. The predicted octanol–water partition coefficient (Wildman–Crippen LogP) is 5.87. The van der Waals surface area contributed by atoms with Crippen LogP contribution in [-0.4, -0.2) is 12.7 Å². The van der Waals surface area contributed by atoms with Crippen molar-refractivity contribution in [3.63, 3.8) is 0 Å². The van der Waals surface area contributed by atoms with E-state index < -0.39 is 0 Å². The van der Waals surface area contributed by atoms with Gasteiger partial charge >= 0.3 is 0 Å². The maximum Gasteiger partial charge on any atom is 0.0597 e. The van der Waals surface area contributed by atoms with Crippen LogP contribution in [0.2, 0.25) is 0 Å². The Bertz CT molecular complexity index is 163. The Kier molecular flexibility index (Phi) is 10.7. The summed E-state index contributed by atoms with van der Waals surface area (Å²) in [5, 5.41) is 0. The Morgan fingerprint density at radius 2 is 1.17 bits per heavy atom. The molecule has 0 aromatic rings. The highest BCUT2D eigenvalue weighted by Gasteiger charge is 2.16. The summed E-state index contributed by atoms with van der Waals surface area (Å²) in [6.07, 6.45) is 20.6. The molecule has 0 amide bonds. The van der Waals surface area contributed by atoms with E-state index >= 15 is 0 Å². The van der Waals surface area contributed by atoms with Gasteiger partial charge in [0.1, 0.15) is 0 Å². The molecule has 0 N–H and O–H groups in total. The summed E-state index contributed by atoms with van der Waals surface area (Å²) in [6, 6.07) is 0. The summed E-state index contributed by atoms with van der Waals surface area (Å²) >= 11 is 0. The second-order valence-corrected chi connectivity index (χ2v) is 5.96. The first-order chi connectivity index (χ1) is 8.93. The minimum absolute atomic E-state index is 0.633. The topological polar surface area (TPSA) is 9.23 Å². The zero-order valence-electron chi connectivity index (χ0n) is 12.6. The van der Waals surface area contributed by atoms with Gasteiger partial charge < -0.3 is 4.74 Å². The van der Waals surface area contributed by atoms with E-state index in [9.17, 15) is 0 Å². The second-order valence-electron chi connectivity index (χ2n) is 5.96. The van der Waals surface area contributed by atoms with E-state index in [0.29, 0.717) is 6.10 Å². The van der Waals surface area contributed by atoms with Crippen LogP contribution in [-0.2, 0) is 4.74 Å². The van der Waals surface area contributed by atoms with Gasteiger partial charge in [0.25, 0.3) is 0 Å². The fourth-order valence-corrected chi connectivity index (χ4v) is 2.73. The zero-order valence-corrected chi connectivity index (χ0v) is 12.6. The Balaban J connectivity index is 1.63. The van der Waals surface area contributed by atoms with E-state index in [1.54, 1.807) is 0 Å². The Hall–Kier alpha value is -0.0400. The van der Waals surface area contributed by atoms with Crippen LogP contribution in [0.4, 0.5) is 0 Å². The van der Waals surface area contributed by atoms with Crippen molar-refractivity contribution in [1.82, 2.24) is 0 Å². The van der Waals surface area contributed by atoms with Crippen molar-refractivity contribution in [2.75, 3.05) is 6.61 Å². The molecule has 1 heterocycles. The molecule has 0 spiro atoms. The summed E-state index contributed by atoms with van der Waals surface area (Å²) < 4.78 is 5.43. The molecule has 0 radical (unpaired) electrons. The van der Waals surface area contributed by atoms with Crippen LogP contribution in [0, 0.1) is 0 Å². The smallest absolute Gasteiger partial charge is 0.0597 e.